The van der Waals surface area contributed by atoms with Crippen molar-refractivity contribution in [1.82, 2.24) is 0 Å². The number of nitrogens with two attached hydrogens (primary N) is 1. The number of benzene rings is 1. The summed E-state index contributed by atoms with van der Waals surface area (Å²) in [6.07, 6.45) is 9.59. The second-order valence-electron chi connectivity index (χ2n) is 2.49. The van der Waals surface area contributed by atoms with Crippen molar-refractivity contribution in [2.75, 3.05) is 5.73 Å². The summed E-state index contributed by atoms with van der Waals surface area (Å²) in [5, 5.41) is 0. The van der Waals surface area contributed by atoms with Gasteiger partial charge in [-0.3, -0.25) is 6.08 Å². The third kappa shape index (κ3) is 4.54. The van der Waals surface area contributed by atoms with E-state index < -0.39 is 0 Å². The molecule has 2 N–H and O–H groups in total. The van der Waals surface area contributed by atoms with Crippen LogP contribution in [0.1, 0.15) is 5.56 Å². The molecule has 0 unspecified atom stereocenters. The van der Waals surface area contributed by atoms with Gasteiger partial charge in [-0.15, -0.1) is 0 Å². The van der Waals surface area contributed by atoms with Crippen molar-refractivity contribution in [3.8, 4) is 0 Å². The summed E-state index contributed by atoms with van der Waals surface area (Å²) < 4.78 is 0. The summed E-state index contributed by atoms with van der Waals surface area (Å²) in [6.45, 7) is 5.14. The third-order valence-corrected chi connectivity index (χ3v) is 1.55. The Morgan fingerprint density at radius 2 is 2.00 bits per heavy atom. The molecule has 1 nitrogen and oxygen atoms in total. The van der Waals surface area contributed by atoms with Crippen molar-refractivity contribution in [1.29, 1.82) is 0 Å². The topological polar surface area (TPSA) is 26.0 Å². The van der Waals surface area contributed by atoms with Gasteiger partial charge in [0, 0.05) is 38.4 Å². The van der Waals surface area contributed by atoms with E-state index in [1.165, 1.54) is 6.08 Å². The molecule has 0 fully saturated rings. The van der Waals surface area contributed by atoms with E-state index in [1.807, 2.05) is 30.3 Å². The first-order valence-corrected chi connectivity index (χ1v) is 3.98. The Balaban J connectivity index is 0.00000169. The fraction of sp³-hybridized carbons (Fsp3) is 0. The zero-order valence-corrected chi connectivity index (χ0v) is 10.7. The zero-order chi connectivity index (χ0) is 9.52. The number of anilines is 1. The number of allylic oxidation sites excluding steroid dienone is 4. The Hall–Kier alpha value is -0.656. The smallest absolute Gasteiger partial charge is 0.0263 e. The molecule has 0 aromatic heterocycles. The molecule has 69 valence electrons. The van der Waals surface area contributed by atoms with Crippen LogP contribution in [-0.2, 0) is 32.7 Å². The summed E-state index contributed by atoms with van der Waals surface area (Å²) in [5.41, 5.74) is 7.46. The Morgan fingerprint density at radius 1 is 1.29 bits per heavy atom. The van der Waals surface area contributed by atoms with Crippen LogP contribution in [-0.4, -0.2) is 0 Å². The molecule has 0 amide bonds. The number of hydrogen-bond donors (Lipinski definition) is 1. The predicted octanol–water partition coefficient (Wildman–Crippen LogP) is 2.63. The quantitative estimate of drug-likeness (QED) is 0.503. The third-order valence-electron chi connectivity index (χ3n) is 1.55. The van der Waals surface area contributed by atoms with E-state index >= 15 is 0 Å². The van der Waals surface area contributed by atoms with Crippen LogP contribution in [0.2, 0.25) is 0 Å². The van der Waals surface area contributed by atoms with Crippen molar-refractivity contribution < 1.29 is 32.7 Å². The Morgan fingerprint density at radius 3 is 2.64 bits per heavy atom. The minimum absolute atomic E-state index is 0. The first-order valence-electron chi connectivity index (χ1n) is 3.98. The molecule has 0 aliphatic rings. The van der Waals surface area contributed by atoms with Crippen molar-refractivity contribution >= 4 is 11.8 Å². The van der Waals surface area contributed by atoms with E-state index in [0.29, 0.717) is 0 Å². The van der Waals surface area contributed by atoms with Crippen LogP contribution in [0.15, 0.2) is 42.5 Å². The van der Waals surface area contributed by atoms with E-state index in [0.717, 1.165) is 11.3 Å². The van der Waals surface area contributed by atoms with Crippen LogP contribution < -0.4 is 5.73 Å². The average Bonchev–Trinajstić information content (AvgIpc) is 2.15. The van der Waals surface area contributed by atoms with Crippen LogP contribution in [0.4, 0.5) is 5.69 Å². The largest absolute Gasteiger partial charge is 0.399 e. The van der Waals surface area contributed by atoms with Gasteiger partial charge in [0.15, 0.2) is 0 Å². The normalized spacial score (nSPS) is 10.3. The predicted molar refractivity (Wildman–Crippen MR) is 56.6 cm³/mol. The van der Waals surface area contributed by atoms with Gasteiger partial charge in [-0.25, -0.2) is 0 Å². The first kappa shape index (κ1) is 13.3. The van der Waals surface area contributed by atoms with E-state index in [4.69, 9.17) is 12.3 Å². The van der Waals surface area contributed by atoms with Gasteiger partial charge in [-0.1, -0.05) is 23.8 Å². The molecule has 1 aromatic rings. The summed E-state index contributed by atoms with van der Waals surface area (Å²) in [4.78, 5) is 0. The molecule has 0 spiro atoms. The monoisotopic (exact) mass is 258 g/mol. The van der Waals surface area contributed by atoms with Gasteiger partial charge in [0.2, 0.25) is 0 Å². The van der Waals surface area contributed by atoms with Gasteiger partial charge in [-0.05, 0) is 6.07 Å². The number of rotatable bonds is 3. The van der Waals surface area contributed by atoms with Crippen molar-refractivity contribution in [2.45, 2.75) is 0 Å². The molecule has 0 bridgehead atoms. The molecular formula is C12H11NY-2. The minimum atomic E-state index is 0. The molecule has 0 aliphatic heterocycles. The molecule has 0 atom stereocenters. The molecule has 0 aliphatic carbocycles. The minimum Gasteiger partial charge on any atom is -0.399 e. The molecule has 1 radical (unpaired) electrons. The molecule has 2 heteroatoms. The molecule has 1 aromatic carbocycles. The van der Waals surface area contributed by atoms with Crippen LogP contribution in [0, 0.1) is 12.7 Å². The van der Waals surface area contributed by atoms with Gasteiger partial charge in [0.1, 0.15) is 0 Å². The number of nitrogen functional groups attached to an aromatic ring is 1. The molecule has 14 heavy (non-hydrogen) atoms. The van der Waals surface area contributed by atoms with Gasteiger partial charge < -0.3 is 24.5 Å². The van der Waals surface area contributed by atoms with Crippen molar-refractivity contribution in [2.24, 2.45) is 0 Å². The van der Waals surface area contributed by atoms with Crippen LogP contribution in [0.5, 0.6) is 0 Å². The SMILES string of the molecule is [CH-]=CC=[C-]/C=C\c1ccccc1N.[Y]. The zero-order valence-electron chi connectivity index (χ0n) is 7.85. The van der Waals surface area contributed by atoms with Gasteiger partial charge in [0.25, 0.3) is 0 Å². The molecule has 0 saturated heterocycles. The van der Waals surface area contributed by atoms with Crippen LogP contribution in [0.25, 0.3) is 6.08 Å². The number of para-hydroxylation sites is 1. The van der Waals surface area contributed by atoms with E-state index in [2.05, 4.69) is 6.08 Å². The van der Waals surface area contributed by atoms with Crippen LogP contribution >= 0.6 is 0 Å². The van der Waals surface area contributed by atoms with Crippen molar-refractivity contribution in [3.63, 3.8) is 0 Å². The van der Waals surface area contributed by atoms with Crippen LogP contribution in [0.3, 0.4) is 0 Å². The van der Waals surface area contributed by atoms with E-state index in [9.17, 15) is 0 Å². The fourth-order valence-corrected chi connectivity index (χ4v) is 0.912. The summed E-state index contributed by atoms with van der Waals surface area (Å²) in [7, 11) is 0. The fourth-order valence-electron chi connectivity index (χ4n) is 0.912. The maximum absolute atomic E-state index is 5.71. The Bertz CT molecular complexity index is 340. The van der Waals surface area contributed by atoms with Gasteiger partial charge in [0.05, 0.1) is 0 Å². The van der Waals surface area contributed by atoms with Gasteiger partial charge in [-0.2, -0.15) is 12.2 Å². The molecule has 0 saturated carbocycles. The summed E-state index contributed by atoms with van der Waals surface area (Å²) in [5.74, 6) is 0. The average molecular weight is 258 g/mol. The maximum Gasteiger partial charge on any atom is 0.0263 e. The van der Waals surface area contributed by atoms with E-state index in [-0.39, 0.29) is 32.7 Å². The first-order chi connectivity index (χ1) is 6.34. The molecule has 1 rings (SSSR count). The van der Waals surface area contributed by atoms with Gasteiger partial charge >= 0.3 is 0 Å². The standard InChI is InChI=1S/C12H11N.Y/c1-2-3-4-5-8-11-9-6-7-10-12(11)13;/h1-3,5-10H,13H2;/q-2;/b8-5-;. The number of hydrogen-bond acceptors (Lipinski definition) is 1. The van der Waals surface area contributed by atoms with Crippen molar-refractivity contribution in [3.05, 3.63) is 60.7 Å². The second-order valence-corrected chi connectivity index (χ2v) is 2.49. The summed E-state index contributed by atoms with van der Waals surface area (Å²) >= 11 is 0. The Kier molecular flexibility index (Phi) is 7.36. The summed E-state index contributed by atoms with van der Waals surface area (Å²) in [6, 6.07) is 7.65. The molecular weight excluding hydrogens is 247 g/mol. The Labute approximate surface area is 110 Å². The second kappa shape index (κ2) is 7.72. The maximum atomic E-state index is 5.71. The van der Waals surface area contributed by atoms with E-state index in [1.54, 1.807) is 12.2 Å². The molecule has 0 heterocycles.